The average molecular weight is 803 g/mol. The van der Waals surface area contributed by atoms with Gasteiger partial charge in [0.15, 0.2) is 6.10 Å². The lowest BCUT2D eigenvalue weighted by Crippen LogP contribution is -2.29. The van der Waals surface area contributed by atoms with Crippen LogP contribution in [0.25, 0.3) is 0 Å². The third kappa shape index (κ3) is 40.4. The summed E-state index contributed by atoms with van der Waals surface area (Å²) in [6.07, 6.45) is 40.0. The number of aliphatic hydroxyl groups excluding tert-OH is 2. The van der Waals surface area contributed by atoms with Crippen LogP contribution in [0, 0.1) is 0 Å². The second-order valence-corrected chi connectivity index (χ2v) is 16.5. The fraction of sp³-hybridized carbons (Fsp3) is 0.864. The van der Waals surface area contributed by atoms with Gasteiger partial charge in [-0.15, -0.1) is 0 Å². The van der Waals surface area contributed by atoms with Gasteiger partial charge < -0.3 is 24.6 Å². The molecule has 0 spiro atoms. The van der Waals surface area contributed by atoms with Crippen molar-refractivity contribution in [2.45, 2.75) is 219 Å². The molecule has 10 nitrogen and oxygen atoms in total. The summed E-state index contributed by atoms with van der Waals surface area (Å²) < 4.78 is 32.7. The summed E-state index contributed by atoms with van der Waals surface area (Å²) in [5, 5.41) is 18.3. The van der Waals surface area contributed by atoms with Gasteiger partial charge in [0.1, 0.15) is 12.7 Å². The van der Waals surface area contributed by atoms with E-state index in [1.54, 1.807) is 0 Å². The van der Waals surface area contributed by atoms with Crippen LogP contribution in [0.4, 0.5) is 0 Å². The number of esters is 2. The Morgan fingerprint density at radius 3 is 1.33 bits per heavy atom. The molecular formula is C44H83O10P. The number of hydrogen-bond acceptors (Lipinski definition) is 9. The number of rotatable bonds is 42. The fourth-order valence-electron chi connectivity index (χ4n) is 6.10. The third-order valence-electron chi connectivity index (χ3n) is 9.58. The maximum absolute atomic E-state index is 12.6. The Labute approximate surface area is 336 Å². The summed E-state index contributed by atoms with van der Waals surface area (Å²) in [5.74, 6) is -0.932. The van der Waals surface area contributed by atoms with E-state index in [0.717, 1.165) is 57.8 Å². The van der Waals surface area contributed by atoms with Crippen LogP contribution in [-0.4, -0.2) is 65.7 Å². The van der Waals surface area contributed by atoms with E-state index >= 15 is 0 Å². The van der Waals surface area contributed by atoms with Crippen molar-refractivity contribution < 1.29 is 47.8 Å². The summed E-state index contributed by atoms with van der Waals surface area (Å²) in [7, 11) is -4.62. The van der Waals surface area contributed by atoms with Gasteiger partial charge in [0.05, 0.1) is 19.8 Å². The van der Waals surface area contributed by atoms with E-state index in [2.05, 4.69) is 42.7 Å². The second kappa shape index (κ2) is 40.6. The summed E-state index contributed by atoms with van der Waals surface area (Å²) in [6, 6.07) is 0. The first-order valence-electron chi connectivity index (χ1n) is 22.3. The molecule has 0 saturated heterocycles. The number of hydrogen-bond donors (Lipinski definition) is 3. The van der Waals surface area contributed by atoms with Crippen LogP contribution in [0.1, 0.15) is 206 Å². The van der Waals surface area contributed by atoms with Gasteiger partial charge in [-0.2, -0.15) is 0 Å². The average Bonchev–Trinajstić information content (AvgIpc) is 3.17. The smallest absolute Gasteiger partial charge is 0.462 e. The molecule has 0 bridgehead atoms. The minimum atomic E-state index is -4.62. The van der Waals surface area contributed by atoms with Crippen molar-refractivity contribution in [3.63, 3.8) is 0 Å². The van der Waals surface area contributed by atoms with E-state index in [1.807, 2.05) is 0 Å². The molecule has 0 aliphatic rings. The van der Waals surface area contributed by atoms with E-state index in [1.165, 1.54) is 109 Å². The highest BCUT2D eigenvalue weighted by Gasteiger charge is 2.27. The standard InChI is InChI=1S/C44H83O10P/c1-3-5-7-9-11-13-15-17-18-19-20-21-22-24-25-27-29-31-33-35-43(47)51-39-42(40-53-55(49,50)52-38-41(46)37-45)54-44(48)36-34-32-30-28-26-23-16-14-12-10-8-6-4-2/h14,16-18,41-42,45-46H,3-13,15,19-40H2,1-2H3,(H,49,50)/b16-14+,18-17+/t41-,42+/m1/s1. The molecule has 3 atom stereocenters. The Balaban J connectivity index is 4.24. The largest absolute Gasteiger partial charge is 0.472 e. The molecule has 0 radical (unpaired) electrons. The number of carbonyl (C=O) groups is 2. The van der Waals surface area contributed by atoms with Crippen LogP contribution in [0.2, 0.25) is 0 Å². The monoisotopic (exact) mass is 803 g/mol. The molecule has 0 aliphatic carbocycles. The molecule has 0 fully saturated rings. The highest BCUT2D eigenvalue weighted by molar-refractivity contribution is 7.47. The van der Waals surface area contributed by atoms with Gasteiger partial charge in [-0.1, -0.05) is 154 Å². The van der Waals surface area contributed by atoms with Crippen molar-refractivity contribution in [1.82, 2.24) is 0 Å². The molecule has 0 saturated carbocycles. The van der Waals surface area contributed by atoms with E-state index in [9.17, 15) is 24.2 Å². The molecule has 0 aromatic heterocycles. The molecule has 0 aliphatic heterocycles. The van der Waals surface area contributed by atoms with E-state index in [-0.39, 0.29) is 19.4 Å². The summed E-state index contributed by atoms with van der Waals surface area (Å²) in [5.41, 5.74) is 0. The lowest BCUT2D eigenvalue weighted by atomic mass is 10.1. The Morgan fingerprint density at radius 2 is 0.891 bits per heavy atom. The molecule has 0 aromatic carbocycles. The molecule has 11 heteroatoms. The number of phosphoric ester groups is 1. The first-order valence-corrected chi connectivity index (χ1v) is 23.8. The van der Waals surface area contributed by atoms with Crippen molar-refractivity contribution in [2.75, 3.05) is 26.4 Å². The van der Waals surface area contributed by atoms with Gasteiger partial charge in [0.25, 0.3) is 0 Å². The molecule has 0 aromatic rings. The molecule has 0 amide bonds. The predicted octanol–water partition coefficient (Wildman–Crippen LogP) is 11.8. The van der Waals surface area contributed by atoms with E-state index in [4.69, 9.17) is 19.1 Å². The predicted molar refractivity (Wildman–Crippen MR) is 224 cm³/mol. The quantitative estimate of drug-likeness (QED) is 0.0236. The zero-order chi connectivity index (χ0) is 40.5. The lowest BCUT2D eigenvalue weighted by Gasteiger charge is -2.20. The van der Waals surface area contributed by atoms with Gasteiger partial charge in [-0.05, 0) is 64.2 Å². The Bertz CT molecular complexity index is 972. The number of aliphatic hydroxyl groups is 2. The molecule has 3 N–H and O–H groups in total. The van der Waals surface area contributed by atoms with Gasteiger partial charge >= 0.3 is 19.8 Å². The third-order valence-corrected chi connectivity index (χ3v) is 10.5. The summed E-state index contributed by atoms with van der Waals surface area (Å²) in [6.45, 7) is 2.36. The minimum Gasteiger partial charge on any atom is -0.462 e. The van der Waals surface area contributed by atoms with Crippen molar-refractivity contribution in [1.29, 1.82) is 0 Å². The van der Waals surface area contributed by atoms with Gasteiger partial charge in [-0.25, -0.2) is 4.57 Å². The van der Waals surface area contributed by atoms with Crippen LogP contribution >= 0.6 is 7.82 Å². The minimum absolute atomic E-state index is 0.175. The first kappa shape index (κ1) is 53.5. The first-order chi connectivity index (χ1) is 26.7. The molecule has 324 valence electrons. The molecule has 0 heterocycles. The van der Waals surface area contributed by atoms with Crippen LogP contribution in [0.3, 0.4) is 0 Å². The SMILES string of the molecule is CCCCCC/C=C/CCCCCCCC(=O)O[C@@H](COC(=O)CCCCCCCCCCC/C=C/CCCCCCCC)COP(=O)(O)OC[C@H](O)CO. The normalized spacial score (nSPS) is 14.1. The second-order valence-electron chi connectivity index (χ2n) is 15.1. The topological polar surface area (TPSA) is 149 Å². The number of allylic oxidation sites excluding steroid dienone is 4. The molecule has 55 heavy (non-hydrogen) atoms. The van der Waals surface area contributed by atoms with Crippen molar-refractivity contribution in [2.24, 2.45) is 0 Å². The van der Waals surface area contributed by atoms with Crippen molar-refractivity contribution >= 4 is 19.8 Å². The maximum atomic E-state index is 12.6. The maximum Gasteiger partial charge on any atom is 0.472 e. The fourth-order valence-corrected chi connectivity index (χ4v) is 6.89. The molecule has 1 unspecified atom stereocenters. The number of phosphoric acid groups is 1. The Morgan fingerprint density at radius 1 is 0.527 bits per heavy atom. The number of ether oxygens (including phenoxy) is 2. The van der Waals surface area contributed by atoms with E-state index < -0.39 is 51.8 Å². The van der Waals surface area contributed by atoms with Gasteiger partial charge in [0.2, 0.25) is 0 Å². The van der Waals surface area contributed by atoms with Crippen LogP contribution in [0.5, 0.6) is 0 Å². The Kier molecular flexibility index (Phi) is 39.5. The number of carbonyl (C=O) groups excluding carboxylic acids is 2. The van der Waals surface area contributed by atoms with Crippen LogP contribution < -0.4 is 0 Å². The molecular weight excluding hydrogens is 719 g/mol. The molecule has 0 rings (SSSR count). The summed E-state index contributed by atoms with van der Waals surface area (Å²) in [4.78, 5) is 35.0. The van der Waals surface area contributed by atoms with Gasteiger partial charge in [0, 0.05) is 12.8 Å². The van der Waals surface area contributed by atoms with E-state index in [0.29, 0.717) is 12.8 Å². The van der Waals surface area contributed by atoms with Crippen molar-refractivity contribution in [3.05, 3.63) is 24.3 Å². The lowest BCUT2D eigenvalue weighted by molar-refractivity contribution is -0.161. The summed E-state index contributed by atoms with van der Waals surface area (Å²) >= 11 is 0. The highest BCUT2D eigenvalue weighted by Crippen LogP contribution is 2.43. The van der Waals surface area contributed by atoms with Crippen LogP contribution in [0.15, 0.2) is 24.3 Å². The van der Waals surface area contributed by atoms with Gasteiger partial charge in [-0.3, -0.25) is 18.6 Å². The highest BCUT2D eigenvalue weighted by atomic mass is 31.2. The number of unbranched alkanes of at least 4 members (excludes halogenated alkanes) is 24. The van der Waals surface area contributed by atoms with Crippen molar-refractivity contribution in [3.8, 4) is 0 Å². The zero-order valence-electron chi connectivity index (χ0n) is 35.2. The van der Waals surface area contributed by atoms with Crippen LogP contribution in [-0.2, 0) is 32.7 Å². The zero-order valence-corrected chi connectivity index (χ0v) is 36.0. The Hall–Kier alpha value is -1.55.